The molecule has 0 bridgehead atoms. The number of nitrogens with zero attached hydrogens (tertiary/aromatic N) is 2. The molecule has 0 spiro atoms. The van der Waals surface area contributed by atoms with Crippen LogP contribution in [0.2, 0.25) is 0 Å². The Kier molecular flexibility index (Phi) is 5.24. The van der Waals surface area contributed by atoms with Crippen LogP contribution in [0.3, 0.4) is 0 Å². The average Bonchev–Trinajstić information content (AvgIpc) is 2.74. The summed E-state index contributed by atoms with van der Waals surface area (Å²) in [6.07, 6.45) is 0.950. The van der Waals surface area contributed by atoms with Crippen LogP contribution in [-0.2, 0) is 0 Å². The third-order valence-corrected chi connectivity index (χ3v) is 4.98. The standard InChI is InChI=1S/C15H20BrN3OS/c1-18(2)7-4-8-19(3)15(20)14-13(17)11-6-5-10(16)9-12(11)21-14/h5-6,9H,4,7-8,17H2,1-3H3. The molecule has 0 atom stereocenters. The summed E-state index contributed by atoms with van der Waals surface area (Å²) in [5.41, 5.74) is 6.73. The molecule has 0 saturated carbocycles. The number of hydrogen-bond donors (Lipinski definition) is 1. The lowest BCUT2D eigenvalue weighted by atomic mass is 10.2. The van der Waals surface area contributed by atoms with Crippen LogP contribution >= 0.6 is 27.3 Å². The molecule has 4 nitrogen and oxygen atoms in total. The second-order valence-corrected chi connectivity index (χ2v) is 7.34. The summed E-state index contributed by atoms with van der Waals surface area (Å²) in [6.45, 7) is 1.70. The van der Waals surface area contributed by atoms with Crippen molar-refractivity contribution in [3.63, 3.8) is 0 Å². The molecule has 6 heteroatoms. The van der Waals surface area contributed by atoms with E-state index in [1.165, 1.54) is 11.3 Å². The van der Waals surface area contributed by atoms with E-state index in [0.29, 0.717) is 10.6 Å². The molecule has 0 unspecified atom stereocenters. The highest BCUT2D eigenvalue weighted by Crippen LogP contribution is 2.35. The van der Waals surface area contributed by atoms with Gasteiger partial charge in [0, 0.05) is 28.2 Å². The number of hydrogen-bond acceptors (Lipinski definition) is 4. The maximum absolute atomic E-state index is 12.5. The van der Waals surface area contributed by atoms with Crippen molar-refractivity contribution in [2.45, 2.75) is 6.42 Å². The number of nitrogen functional groups attached to an aromatic ring is 1. The second kappa shape index (κ2) is 6.77. The number of carbonyl (C=O) groups excluding carboxylic acids is 1. The van der Waals surface area contributed by atoms with Crippen LogP contribution in [0.25, 0.3) is 10.1 Å². The van der Waals surface area contributed by atoms with E-state index >= 15 is 0 Å². The second-order valence-electron chi connectivity index (χ2n) is 5.37. The Morgan fingerprint density at radius 1 is 1.29 bits per heavy atom. The molecular formula is C15H20BrN3OS. The topological polar surface area (TPSA) is 49.6 Å². The van der Waals surface area contributed by atoms with Crippen molar-refractivity contribution in [2.75, 3.05) is 40.0 Å². The summed E-state index contributed by atoms with van der Waals surface area (Å²) >= 11 is 4.90. The van der Waals surface area contributed by atoms with Crippen LogP contribution in [-0.4, -0.2) is 49.9 Å². The van der Waals surface area contributed by atoms with Gasteiger partial charge in [0.05, 0.1) is 5.69 Å². The van der Waals surface area contributed by atoms with E-state index in [0.717, 1.165) is 34.1 Å². The molecule has 2 aromatic rings. The number of carbonyl (C=O) groups is 1. The molecule has 1 heterocycles. The molecule has 0 radical (unpaired) electrons. The summed E-state index contributed by atoms with van der Waals surface area (Å²) in [7, 11) is 5.89. The number of fused-ring (bicyclic) bond motifs is 1. The van der Waals surface area contributed by atoms with Gasteiger partial charge in [-0.15, -0.1) is 11.3 Å². The zero-order chi connectivity index (χ0) is 15.6. The van der Waals surface area contributed by atoms with Crippen LogP contribution in [0.1, 0.15) is 16.1 Å². The Balaban J connectivity index is 2.17. The minimum atomic E-state index is 0.00331. The van der Waals surface area contributed by atoms with E-state index in [2.05, 4.69) is 20.8 Å². The molecule has 0 aliphatic carbocycles. The van der Waals surface area contributed by atoms with Crippen molar-refractivity contribution < 1.29 is 4.79 Å². The number of halogens is 1. The quantitative estimate of drug-likeness (QED) is 0.879. The molecule has 2 rings (SSSR count). The molecule has 0 aliphatic heterocycles. The predicted molar refractivity (Wildman–Crippen MR) is 94.1 cm³/mol. The number of thiophene rings is 1. The molecule has 1 aromatic carbocycles. The number of rotatable bonds is 5. The number of amides is 1. The van der Waals surface area contributed by atoms with Crippen LogP contribution < -0.4 is 5.73 Å². The summed E-state index contributed by atoms with van der Waals surface area (Å²) in [4.78, 5) is 17.0. The molecule has 1 aromatic heterocycles. The average molecular weight is 370 g/mol. The van der Waals surface area contributed by atoms with Crippen LogP contribution in [0, 0.1) is 0 Å². The maximum atomic E-state index is 12.5. The number of anilines is 1. The van der Waals surface area contributed by atoms with Gasteiger partial charge in [-0.3, -0.25) is 4.79 Å². The Labute approximate surface area is 137 Å². The molecular weight excluding hydrogens is 350 g/mol. The van der Waals surface area contributed by atoms with Gasteiger partial charge >= 0.3 is 0 Å². The zero-order valence-corrected chi connectivity index (χ0v) is 14.9. The molecule has 0 saturated heterocycles. The molecule has 0 aliphatic rings. The van der Waals surface area contributed by atoms with Crippen LogP contribution in [0.5, 0.6) is 0 Å². The third-order valence-electron chi connectivity index (χ3n) is 3.33. The molecule has 21 heavy (non-hydrogen) atoms. The van der Waals surface area contributed by atoms with Crippen molar-refractivity contribution in [2.24, 2.45) is 0 Å². The van der Waals surface area contributed by atoms with Gasteiger partial charge in [-0.25, -0.2) is 0 Å². The van der Waals surface area contributed by atoms with E-state index in [1.807, 2.05) is 39.3 Å². The Morgan fingerprint density at radius 2 is 2.00 bits per heavy atom. The molecule has 114 valence electrons. The first-order valence-electron chi connectivity index (χ1n) is 6.78. The van der Waals surface area contributed by atoms with Crippen LogP contribution in [0.15, 0.2) is 22.7 Å². The highest BCUT2D eigenvalue weighted by Gasteiger charge is 2.19. The minimum Gasteiger partial charge on any atom is -0.397 e. The van der Waals surface area contributed by atoms with Gasteiger partial charge in [0.2, 0.25) is 0 Å². The highest BCUT2D eigenvalue weighted by atomic mass is 79.9. The lowest BCUT2D eigenvalue weighted by Crippen LogP contribution is -2.29. The van der Waals surface area contributed by atoms with Crippen LogP contribution in [0.4, 0.5) is 5.69 Å². The summed E-state index contributed by atoms with van der Waals surface area (Å²) in [5.74, 6) is 0.00331. The van der Waals surface area contributed by atoms with E-state index in [9.17, 15) is 4.79 Å². The van der Waals surface area contributed by atoms with Gasteiger partial charge < -0.3 is 15.5 Å². The van der Waals surface area contributed by atoms with Crippen molar-refractivity contribution in [1.29, 1.82) is 0 Å². The predicted octanol–water partition coefficient (Wildman–Crippen LogP) is 3.27. The first-order chi connectivity index (χ1) is 9.90. The summed E-state index contributed by atoms with van der Waals surface area (Å²) in [6, 6.07) is 5.90. The van der Waals surface area contributed by atoms with Gasteiger partial charge in [-0.1, -0.05) is 22.0 Å². The van der Waals surface area contributed by atoms with E-state index in [-0.39, 0.29) is 5.91 Å². The van der Waals surface area contributed by atoms with E-state index in [4.69, 9.17) is 5.73 Å². The largest absolute Gasteiger partial charge is 0.397 e. The Hall–Kier alpha value is -1.11. The molecule has 1 amide bonds. The van der Waals surface area contributed by atoms with Crippen molar-refractivity contribution in [3.8, 4) is 0 Å². The first-order valence-corrected chi connectivity index (χ1v) is 8.39. The smallest absolute Gasteiger partial charge is 0.265 e. The van der Waals surface area contributed by atoms with Gasteiger partial charge in [-0.2, -0.15) is 0 Å². The summed E-state index contributed by atoms with van der Waals surface area (Å²) in [5, 5.41) is 0.952. The van der Waals surface area contributed by atoms with Gasteiger partial charge in [0.25, 0.3) is 5.91 Å². The summed E-state index contributed by atoms with van der Waals surface area (Å²) < 4.78 is 2.03. The van der Waals surface area contributed by atoms with E-state index < -0.39 is 0 Å². The van der Waals surface area contributed by atoms with Gasteiger partial charge in [0.1, 0.15) is 4.88 Å². The fourth-order valence-corrected chi connectivity index (χ4v) is 3.82. The Bertz CT molecular complexity index is 654. The SMILES string of the molecule is CN(C)CCCN(C)C(=O)c1sc2cc(Br)ccc2c1N. The third kappa shape index (κ3) is 3.75. The van der Waals surface area contributed by atoms with Gasteiger partial charge in [0.15, 0.2) is 0 Å². The number of nitrogens with two attached hydrogens (primary N) is 1. The normalized spacial score (nSPS) is 11.3. The highest BCUT2D eigenvalue weighted by molar-refractivity contribution is 9.10. The van der Waals surface area contributed by atoms with Crippen molar-refractivity contribution in [3.05, 3.63) is 27.5 Å². The first kappa shape index (κ1) is 16.3. The Morgan fingerprint density at radius 3 is 2.67 bits per heavy atom. The van der Waals surface area contributed by atoms with E-state index in [1.54, 1.807) is 4.90 Å². The minimum absolute atomic E-state index is 0.00331. The van der Waals surface area contributed by atoms with Gasteiger partial charge in [-0.05, 0) is 39.2 Å². The maximum Gasteiger partial charge on any atom is 0.265 e. The lowest BCUT2D eigenvalue weighted by molar-refractivity contribution is 0.0796. The monoisotopic (exact) mass is 369 g/mol. The lowest BCUT2D eigenvalue weighted by Gasteiger charge is -2.18. The molecule has 0 fully saturated rings. The zero-order valence-electron chi connectivity index (χ0n) is 12.5. The molecule has 2 N–H and O–H groups in total. The fraction of sp³-hybridized carbons (Fsp3) is 0.400. The van der Waals surface area contributed by atoms with Crippen molar-refractivity contribution in [1.82, 2.24) is 9.80 Å². The van der Waals surface area contributed by atoms with Crippen molar-refractivity contribution >= 4 is 48.9 Å². The fourth-order valence-electron chi connectivity index (χ4n) is 2.15. The number of benzene rings is 1.